The van der Waals surface area contributed by atoms with Gasteiger partial charge in [0.05, 0.1) is 12.9 Å². The summed E-state index contributed by atoms with van der Waals surface area (Å²) in [6.45, 7) is -0.119. The number of aldehydes is 1. The van der Waals surface area contributed by atoms with Crippen LogP contribution in [0.15, 0.2) is 11.5 Å². The number of thioether (sulfide) groups is 1. The lowest BCUT2D eigenvalue weighted by Crippen LogP contribution is -2.17. The van der Waals surface area contributed by atoms with Crippen LogP contribution >= 0.6 is 11.8 Å². The second-order valence-electron chi connectivity index (χ2n) is 3.25. The van der Waals surface area contributed by atoms with Crippen LogP contribution in [0, 0.1) is 5.41 Å². The van der Waals surface area contributed by atoms with Gasteiger partial charge in [0.2, 0.25) is 5.78 Å². The van der Waals surface area contributed by atoms with Gasteiger partial charge in [-0.25, -0.2) is 9.97 Å². The van der Waals surface area contributed by atoms with E-state index in [2.05, 4.69) is 15.0 Å². The Labute approximate surface area is 99.8 Å². The van der Waals surface area contributed by atoms with Gasteiger partial charge in [0, 0.05) is 0 Å². The molecule has 2 aromatic rings. The summed E-state index contributed by atoms with van der Waals surface area (Å²) in [6.07, 6.45) is 3.43. The van der Waals surface area contributed by atoms with E-state index in [0.29, 0.717) is 16.3 Å². The molecular weight excluding hydrogens is 242 g/mol. The molecule has 0 saturated heterocycles. The summed E-state index contributed by atoms with van der Waals surface area (Å²) in [5.74, 6) is -0.565. The number of ketones is 1. The van der Waals surface area contributed by atoms with Crippen LogP contribution in [-0.4, -0.2) is 37.8 Å². The molecule has 0 fully saturated rings. The standard InChI is InChI=1S/C9H9N5O2S/c1-17-9-12-6-7(10)11-4-14(8(6)13-9)2-5(16)3-15/h3-4,10H,2H2,1H3,(H,12,13). The average Bonchev–Trinajstić information content (AvgIpc) is 2.77. The molecule has 88 valence electrons. The highest BCUT2D eigenvalue weighted by Gasteiger charge is 2.10. The molecule has 0 aliphatic carbocycles. The van der Waals surface area contributed by atoms with E-state index >= 15 is 0 Å². The number of imidazole rings is 1. The first kappa shape index (κ1) is 11.5. The average molecular weight is 251 g/mol. The summed E-state index contributed by atoms with van der Waals surface area (Å²) in [5, 5.41) is 8.25. The van der Waals surface area contributed by atoms with Crippen LogP contribution in [0.5, 0.6) is 0 Å². The zero-order valence-electron chi connectivity index (χ0n) is 8.93. The Bertz CT molecular complexity index is 644. The lowest BCUT2D eigenvalue weighted by molar-refractivity contribution is -0.130. The monoisotopic (exact) mass is 251 g/mol. The molecule has 2 rings (SSSR count). The fourth-order valence-corrected chi connectivity index (χ4v) is 1.76. The van der Waals surface area contributed by atoms with Gasteiger partial charge in [-0.05, 0) is 6.26 Å². The molecule has 0 aliphatic rings. The van der Waals surface area contributed by atoms with Crippen LogP contribution in [-0.2, 0) is 16.1 Å². The van der Waals surface area contributed by atoms with Crippen molar-refractivity contribution in [2.24, 2.45) is 0 Å². The molecule has 7 nitrogen and oxygen atoms in total. The smallest absolute Gasteiger partial charge is 0.214 e. The van der Waals surface area contributed by atoms with E-state index in [0.717, 1.165) is 0 Å². The number of carbonyl (C=O) groups is 2. The predicted octanol–water partition coefficient (Wildman–Crippen LogP) is -0.271. The van der Waals surface area contributed by atoms with Crippen LogP contribution in [0.2, 0.25) is 0 Å². The molecule has 0 saturated carbocycles. The molecule has 0 aromatic carbocycles. The SMILES string of the molecule is CSc1nc2c([nH]1)c(=N)ncn2CC(=O)C=O. The molecule has 0 radical (unpaired) electrons. The Balaban J connectivity index is 2.60. The summed E-state index contributed by atoms with van der Waals surface area (Å²) >= 11 is 1.39. The normalized spacial score (nSPS) is 10.6. The van der Waals surface area contributed by atoms with E-state index in [9.17, 15) is 9.59 Å². The van der Waals surface area contributed by atoms with Gasteiger partial charge in [-0.3, -0.25) is 15.0 Å². The lowest BCUT2D eigenvalue weighted by atomic mass is 10.4. The van der Waals surface area contributed by atoms with Crippen molar-refractivity contribution in [2.75, 3.05) is 6.26 Å². The first-order valence-corrected chi connectivity index (χ1v) is 5.90. The minimum Gasteiger partial charge on any atom is -0.329 e. The molecule has 8 heteroatoms. The number of Topliss-reactive ketones (excluding diaryl/α,β-unsaturated/α-hetero) is 1. The number of hydrogen-bond donors (Lipinski definition) is 2. The topological polar surface area (TPSA) is 104 Å². The first-order valence-electron chi connectivity index (χ1n) is 4.67. The Hall–Kier alpha value is -1.96. The maximum Gasteiger partial charge on any atom is 0.214 e. The van der Waals surface area contributed by atoms with E-state index in [1.165, 1.54) is 22.7 Å². The number of rotatable bonds is 4. The van der Waals surface area contributed by atoms with Gasteiger partial charge < -0.3 is 9.55 Å². The van der Waals surface area contributed by atoms with E-state index < -0.39 is 5.78 Å². The van der Waals surface area contributed by atoms with Crippen LogP contribution in [0.4, 0.5) is 0 Å². The predicted molar refractivity (Wildman–Crippen MR) is 60.6 cm³/mol. The number of nitrogens with one attached hydrogen (secondary N) is 2. The zero-order valence-corrected chi connectivity index (χ0v) is 9.74. The van der Waals surface area contributed by atoms with Gasteiger partial charge in [0.15, 0.2) is 22.6 Å². The number of carbonyl (C=O) groups excluding carboxylic acids is 2. The Morgan fingerprint density at radius 3 is 3.12 bits per heavy atom. The van der Waals surface area contributed by atoms with Crippen molar-refractivity contribution in [1.29, 1.82) is 5.41 Å². The van der Waals surface area contributed by atoms with E-state index in [1.54, 1.807) is 0 Å². The molecular formula is C9H9N5O2S. The highest BCUT2D eigenvalue weighted by molar-refractivity contribution is 7.98. The first-order chi connectivity index (χ1) is 8.15. The van der Waals surface area contributed by atoms with Crippen molar-refractivity contribution >= 4 is 35.0 Å². The number of aromatic amines is 1. The number of hydrogen-bond acceptors (Lipinski definition) is 6. The summed E-state index contributed by atoms with van der Waals surface area (Å²) < 4.78 is 1.44. The molecule has 2 N–H and O–H groups in total. The van der Waals surface area contributed by atoms with Crippen molar-refractivity contribution in [2.45, 2.75) is 11.7 Å². The molecule has 0 bridgehead atoms. The highest BCUT2D eigenvalue weighted by Crippen LogP contribution is 2.13. The van der Waals surface area contributed by atoms with Crippen molar-refractivity contribution < 1.29 is 9.59 Å². The van der Waals surface area contributed by atoms with Crippen LogP contribution in [0.25, 0.3) is 11.2 Å². The van der Waals surface area contributed by atoms with Gasteiger partial charge in [0.1, 0.15) is 5.52 Å². The van der Waals surface area contributed by atoms with E-state index in [4.69, 9.17) is 5.41 Å². The lowest BCUT2D eigenvalue weighted by Gasteiger charge is -2.02. The molecule has 0 spiro atoms. The molecule has 0 aliphatic heterocycles. The van der Waals surface area contributed by atoms with E-state index in [1.807, 2.05) is 6.26 Å². The van der Waals surface area contributed by atoms with Gasteiger partial charge in [0.25, 0.3) is 0 Å². The molecule has 0 amide bonds. The minimum atomic E-state index is -0.565. The van der Waals surface area contributed by atoms with Gasteiger partial charge in [-0.1, -0.05) is 11.8 Å². The fourth-order valence-electron chi connectivity index (χ4n) is 1.38. The maximum absolute atomic E-state index is 11.1. The number of aromatic nitrogens is 4. The quantitative estimate of drug-likeness (QED) is 0.442. The zero-order chi connectivity index (χ0) is 12.4. The Morgan fingerprint density at radius 1 is 1.71 bits per heavy atom. The number of fused-ring (bicyclic) bond motifs is 1. The Kier molecular flexibility index (Phi) is 3.05. The summed E-state index contributed by atoms with van der Waals surface area (Å²) in [4.78, 5) is 32.4. The fraction of sp³-hybridized carbons (Fsp3) is 0.222. The van der Waals surface area contributed by atoms with Gasteiger partial charge in [-0.2, -0.15) is 0 Å². The second kappa shape index (κ2) is 4.50. The third-order valence-electron chi connectivity index (χ3n) is 2.15. The van der Waals surface area contributed by atoms with Crippen molar-refractivity contribution in [3.05, 3.63) is 11.8 Å². The molecule has 2 heterocycles. The Morgan fingerprint density at radius 2 is 2.47 bits per heavy atom. The minimum absolute atomic E-state index is 0.0580. The third-order valence-corrected chi connectivity index (χ3v) is 2.73. The number of H-pyrrole nitrogens is 1. The number of nitrogens with zero attached hydrogens (tertiary/aromatic N) is 3. The van der Waals surface area contributed by atoms with Crippen molar-refractivity contribution in [3.63, 3.8) is 0 Å². The molecule has 0 unspecified atom stereocenters. The van der Waals surface area contributed by atoms with Crippen molar-refractivity contribution in [3.8, 4) is 0 Å². The van der Waals surface area contributed by atoms with Gasteiger partial charge in [-0.15, -0.1) is 0 Å². The van der Waals surface area contributed by atoms with Crippen LogP contribution in [0.1, 0.15) is 0 Å². The molecule has 17 heavy (non-hydrogen) atoms. The maximum atomic E-state index is 11.1. The largest absolute Gasteiger partial charge is 0.329 e. The summed E-state index contributed by atoms with van der Waals surface area (Å²) in [5.41, 5.74) is 0.961. The third kappa shape index (κ3) is 2.11. The van der Waals surface area contributed by atoms with Crippen molar-refractivity contribution in [1.82, 2.24) is 19.5 Å². The van der Waals surface area contributed by atoms with Crippen LogP contribution in [0.3, 0.4) is 0 Å². The highest BCUT2D eigenvalue weighted by atomic mass is 32.2. The molecule has 2 aromatic heterocycles. The van der Waals surface area contributed by atoms with Gasteiger partial charge >= 0.3 is 0 Å². The molecule has 0 atom stereocenters. The summed E-state index contributed by atoms with van der Waals surface area (Å²) in [7, 11) is 0. The second-order valence-corrected chi connectivity index (χ2v) is 4.04. The van der Waals surface area contributed by atoms with E-state index in [-0.39, 0.29) is 18.3 Å². The van der Waals surface area contributed by atoms with Crippen LogP contribution < -0.4 is 5.49 Å². The summed E-state index contributed by atoms with van der Waals surface area (Å²) in [6, 6.07) is 0.